The molecule has 0 aliphatic carbocycles. The van der Waals surface area contributed by atoms with Crippen molar-refractivity contribution in [2.75, 3.05) is 0 Å². The lowest BCUT2D eigenvalue weighted by molar-refractivity contribution is -0.384. The van der Waals surface area contributed by atoms with E-state index < -0.39 is 21.1 Å². The quantitative estimate of drug-likeness (QED) is 0.451. The number of hydrogen-bond acceptors (Lipinski definition) is 5. The van der Waals surface area contributed by atoms with Crippen LogP contribution in [0.3, 0.4) is 0 Å². The summed E-state index contributed by atoms with van der Waals surface area (Å²) in [5.74, 6) is 0. The lowest BCUT2D eigenvalue weighted by atomic mass is 10.2. The standard InChI is InChI=1S/C11H15NO5S/c1-3-4-9(2)17-18(15,16)11-7-5-10(6-8-11)12(13)14/h5-9H,3-4H2,1-2H3/t9-/m1/s1. The van der Waals surface area contributed by atoms with Gasteiger partial charge < -0.3 is 0 Å². The Bertz CT molecular complexity index is 509. The first-order valence-corrected chi connectivity index (χ1v) is 6.95. The molecule has 0 radical (unpaired) electrons. The van der Waals surface area contributed by atoms with E-state index in [1.54, 1.807) is 6.92 Å². The molecule has 0 amide bonds. The number of nitro groups is 1. The van der Waals surface area contributed by atoms with Crippen LogP contribution in [0.5, 0.6) is 0 Å². The van der Waals surface area contributed by atoms with Gasteiger partial charge in [0, 0.05) is 12.1 Å². The minimum absolute atomic E-state index is 0.0731. The number of nitrogens with zero attached hydrogens (tertiary/aromatic N) is 1. The molecule has 0 aliphatic rings. The lowest BCUT2D eigenvalue weighted by Gasteiger charge is -2.11. The predicted octanol–water partition coefficient (Wildman–Crippen LogP) is 2.49. The normalized spacial score (nSPS) is 13.2. The highest BCUT2D eigenvalue weighted by molar-refractivity contribution is 7.86. The van der Waals surface area contributed by atoms with Crippen molar-refractivity contribution in [3.63, 3.8) is 0 Å². The summed E-state index contributed by atoms with van der Waals surface area (Å²) in [6.45, 7) is 3.60. The fourth-order valence-corrected chi connectivity index (χ4v) is 2.57. The molecule has 6 nitrogen and oxygen atoms in total. The van der Waals surface area contributed by atoms with Crippen molar-refractivity contribution >= 4 is 15.8 Å². The molecule has 0 bridgehead atoms. The fraction of sp³-hybridized carbons (Fsp3) is 0.455. The van der Waals surface area contributed by atoms with Crippen molar-refractivity contribution in [3.05, 3.63) is 34.4 Å². The molecule has 0 aliphatic heterocycles. The first-order chi connectivity index (χ1) is 8.36. The second kappa shape index (κ2) is 5.92. The predicted molar refractivity (Wildman–Crippen MR) is 65.7 cm³/mol. The van der Waals surface area contributed by atoms with Crippen LogP contribution in [-0.2, 0) is 14.3 Å². The van der Waals surface area contributed by atoms with Crippen LogP contribution in [0.4, 0.5) is 5.69 Å². The summed E-state index contributed by atoms with van der Waals surface area (Å²) < 4.78 is 28.6. The van der Waals surface area contributed by atoms with Crippen molar-refractivity contribution < 1.29 is 17.5 Å². The molecule has 0 heterocycles. The Kier molecular flexibility index (Phi) is 4.80. The maximum Gasteiger partial charge on any atom is 0.297 e. The van der Waals surface area contributed by atoms with E-state index in [4.69, 9.17) is 4.18 Å². The maximum absolute atomic E-state index is 11.8. The molecular formula is C11H15NO5S. The van der Waals surface area contributed by atoms with Crippen LogP contribution in [0.2, 0.25) is 0 Å². The Morgan fingerprint density at radius 2 is 1.89 bits per heavy atom. The van der Waals surface area contributed by atoms with E-state index in [9.17, 15) is 18.5 Å². The molecule has 1 atom stereocenters. The van der Waals surface area contributed by atoms with Crippen LogP contribution in [0.25, 0.3) is 0 Å². The molecule has 18 heavy (non-hydrogen) atoms. The molecule has 0 N–H and O–H groups in total. The van der Waals surface area contributed by atoms with Crippen molar-refractivity contribution in [2.24, 2.45) is 0 Å². The van der Waals surface area contributed by atoms with Crippen molar-refractivity contribution in [2.45, 2.75) is 37.7 Å². The first-order valence-electron chi connectivity index (χ1n) is 5.54. The van der Waals surface area contributed by atoms with E-state index in [-0.39, 0.29) is 10.6 Å². The van der Waals surface area contributed by atoms with Crippen LogP contribution in [0.1, 0.15) is 26.7 Å². The van der Waals surface area contributed by atoms with Crippen molar-refractivity contribution in [1.29, 1.82) is 0 Å². The Morgan fingerprint density at radius 3 is 2.33 bits per heavy atom. The van der Waals surface area contributed by atoms with E-state index in [2.05, 4.69) is 0 Å². The summed E-state index contributed by atoms with van der Waals surface area (Å²) in [5, 5.41) is 10.4. The van der Waals surface area contributed by atoms with Crippen LogP contribution in [-0.4, -0.2) is 19.4 Å². The molecule has 0 saturated carbocycles. The van der Waals surface area contributed by atoms with Gasteiger partial charge in [0.1, 0.15) is 0 Å². The Balaban J connectivity index is 2.88. The number of benzene rings is 1. The average Bonchev–Trinajstić information content (AvgIpc) is 2.28. The van der Waals surface area contributed by atoms with Gasteiger partial charge in [-0.1, -0.05) is 13.3 Å². The van der Waals surface area contributed by atoms with Gasteiger partial charge in [0.05, 0.1) is 15.9 Å². The third-order valence-corrected chi connectivity index (χ3v) is 3.75. The van der Waals surface area contributed by atoms with E-state index in [1.807, 2.05) is 6.92 Å². The molecule has 1 aromatic rings. The second-order valence-electron chi connectivity index (χ2n) is 3.90. The van der Waals surface area contributed by atoms with Crippen LogP contribution >= 0.6 is 0 Å². The monoisotopic (exact) mass is 273 g/mol. The van der Waals surface area contributed by atoms with E-state index >= 15 is 0 Å². The summed E-state index contributed by atoms with van der Waals surface area (Å²) in [7, 11) is -3.85. The molecule has 0 saturated heterocycles. The summed E-state index contributed by atoms with van der Waals surface area (Å²) >= 11 is 0. The third kappa shape index (κ3) is 3.78. The second-order valence-corrected chi connectivity index (χ2v) is 5.47. The molecule has 1 aromatic carbocycles. The number of rotatable bonds is 6. The molecule has 100 valence electrons. The minimum Gasteiger partial charge on any atom is -0.263 e. The highest BCUT2D eigenvalue weighted by Gasteiger charge is 2.19. The van der Waals surface area contributed by atoms with Gasteiger partial charge in [-0.15, -0.1) is 0 Å². The Morgan fingerprint density at radius 1 is 1.33 bits per heavy atom. The summed E-state index contributed by atoms with van der Waals surface area (Å²) in [6.07, 6.45) is 1.04. The largest absolute Gasteiger partial charge is 0.297 e. The van der Waals surface area contributed by atoms with Gasteiger partial charge in [0.25, 0.3) is 15.8 Å². The van der Waals surface area contributed by atoms with Crippen molar-refractivity contribution in [3.8, 4) is 0 Å². The highest BCUT2D eigenvalue weighted by atomic mass is 32.2. The zero-order valence-electron chi connectivity index (χ0n) is 10.2. The summed E-state index contributed by atoms with van der Waals surface area (Å²) in [4.78, 5) is 9.79. The van der Waals surface area contributed by atoms with Gasteiger partial charge in [-0.3, -0.25) is 14.3 Å². The van der Waals surface area contributed by atoms with E-state index in [1.165, 1.54) is 12.1 Å². The van der Waals surface area contributed by atoms with Crippen LogP contribution < -0.4 is 0 Å². The summed E-state index contributed by atoms with van der Waals surface area (Å²) in [6, 6.07) is 4.62. The Hall–Kier alpha value is -1.47. The van der Waals surface area contributed by atoms with Crippen LogP contribution in [0.15, 0.2) is 29.2 Å². The number of hydrogen-bond donors (Lipinski definition) is 0. The molecule has 0 spiro atoms. The zero-order valence-corrected chi connectivity index (χ0v) is 11.0. The average molecular weight is 273 g/mol. The smallest absolute Gasteiger partial charge is 0.263 e. The van der Waals surface area contributed by atoms with Gasteiger partial charge in [0.15, 0.2) is 0 Å². The first kappa shape index (κ1) is 14.6. The topological polar surface area (TPSA) is 86.5 Å². The number of non-ortho nitro benzene ring substituents is 1. The molecule has 0 unspecified atom stereocenters. The Labute approximate surface area is 106 Å². The molecule has 0 fully saturated rings. The number of nitro benzene ring substituents is 1. The fourth-order valence-electron chi connectivity index (χ4n) is 1.46. The van der Waals surface area contributed by atoms with Gasteiger partial charge in [0.2, 0.25) is 0 Å². The minimum atomic E-state index is -3.85. The third-order valence-electron chi connectivity index (χ3n) is 2.32. The molecule has 7 heteroatoms. The SMILES string of the molecule is CCC[C@@H](C)OS(=O)(=O)c1ccc([N+](=O)[O-])cc1. The molecular weight excluding hydrogens is 258 g/mol. The highest BCUT2D eigenvalue weighted by Crippen LogP contribution is 2.19. The van der Waals surface area contributed by atoms with E-state index in [0.717, 1.165) is 18.6 Å². The van der Waals surface area contributed by atoms with Crippen LogP contribution in [0, 0.1) is 10.1 Å². The lowest BCUT2D eigenvalue weighted by Crippen LogP contribution is -2.15. The van der Waals surface area contributed by atoms with Gasteiger partial charge >= 0.3 is 0 Å². The molecule has 0 aromatic heterocycles. The van der Waals surface area contributed by atoms with Gasteiger partial charge in [-0.05, 0) is 25.5 Å². The van der Waals surface area contributed by atoms with Gasteiger partial charge in [-0.25, -0.2) is 0 Å². The summed E-state index contributed by atoms with van der Waals surface area (Å²) in [5.41, 5.74) is -0.157. The zero-order chi connectivity index (χ0) is 13.8. The molecule has 1 rings (SSSR count). The maximum atomic E-state index is 11.8. The van der Waals surface area contributed by atoms with E-state index in [0.29, 0.717) is 6.42 Å². The van der Waals surface area contributed by atoms with Crippen molar-refractivity contribution in [1.82, 2.24) is 0 Å². The van der Waals surface area contributed by atoms with Gasteiger partial charge in [-0.2, -0.15) is 8.42 Å².